The molecule has 0 aromatic rings. The first-order valence-electron chi connectivity index (χ1n) is 10.5. The number of hydrogen-bond donors (Lipinski definition) is 2. The molecular weight excluding hydrogens is 344 g/mol. The Morgan fingerprint density at radius 1 is 1.33 bits per heavy atom. The van der Waals surface area contributed by atoms with Crippen molar-refractivity contribution < 1.29 is 24.5 Å². The van der Waals surface area contributed by atoms with Crippen LogP contribution in [0.1, 0.15) is 84.5 Å². The molecule has 156 valence electrons. The Kier molecular flexibility index (Phi) is 10.9. The predicted molar refractivity (Wildman–Crippen MR) is 106 cm³/mol. The first-order valence-corrected chi connectivity index (χ1v) is 10.5. The van der Waals surface area contributed by atoms with Crippen molar-refractivity contribution in [2.75, 3.05) is 7.11 Å². The highest BCUT2D eigenvalue weighted by molar-refractivity contribution is 5.83. The third-order valence-corrected chi connectivity index (χ3v) is 5.63. The first-order chi connectivity index (χ1) is 12.8. The van der Waals surface area contributed by atoms with Crippen LogP contribution in [-0.2, 0) is 14.3 Å². The van der Waals surface area contributed by atoms with Crippen LogP contribution in [0.4, 0.5) is 0 Å². The van der Waals surface area contributed by atoms with Gasteiger partial charge in [0, 0.05) is 12.3 Å². The van der Waals surface area contributed by atoms with Gasteiger partial charge in [-0.15, -0.1) is 0 Å². The zero-order valence-corrected chi connectivity index (χ0v) is 17.3. The molecule has 1 aliphatic rings. The summed E-state index contributed by atoms with van der Waals surface area (Å²) in [6.45, 7) is 4.00. The lowest BCUT2D eigenvalue weighted by Crippen LogP contribution is -2.22. The number of methoxy groups -OCH3 is 1. The fraction of sp³-hybridized carbons (Fsp3) is 0.818. The number of ether oxygens (including phenoxy) is 1. The standard InChI is InChI=1S/C22H38O5/c1-4-5-15-22(2,26)16-9-10-17-13-14-19(23)18(17)11-7-6-8-12-20(24)21(25)27-3/h9-10,17-18,20,24,26H,4-8,11-16H2,1-3H3/t17-,18+,20?,22?/m0/s1. The lowest BCUT2D eigenvalue weighted by atomic mass is 9.88. The summed E-state index contributed by atoms with van der Waals surface area (Å²) in [4.78, 5) is 23.4. The van der Waals surface area contributed by atoms with Crippen molar-refractivity contribution in [2.24, 2.45) is 11.8 Å². The molecule has 1 fully saturated rings. The van der Waals surface area contributed by atoms with E-state index in [1.165, 1.54) is 7.11 Å². The maximum absolute atomic E-state index is 12.2. The predicted octanol–water partition coefficient (Wildman–Crippen LogP) is 3.95. The molecule has 0 spiro atoms. The highest BCUT2D eigenvalue weighted by Crippen LogP contribution is 2.34. The molecule has 1 aliphatic carbocycles. The molecule has 0 saturated heterocycles. The molecule has 0 aliphatic heterocycles. The van der Waals surface area contributed by atoms with Crippen LogP contribution < -0.4 is 0 Å². The van der Waals surface area contributed by atoms with Crippen molar-refractivity contribution in [2.45, 2.75) is 96.2 Å². The van der Waals surface area contributed by atoms with E-state index in [0.29, 0.717) is 25.0 Å². The van der Waals surface area contributed by atoms with Crippen LogP contribution >= 0.6 is 0 Å². The van der Waals surface area contributed by atoms with Crippen LogP contribution in [-0.4, -0.2) is 40.8 Å². The third-order valence-electron chi connectivity index (χ3n) is 5.63. The molecule has 0 radical (unpaired) electrons. The van der Waals surface area contributed by atoms with E-state index in [1.807, 2.05) is 6.92 Å². The van der Waals surface area contributed by atoms with Crippen LogP contribution in [0, 0.1) is 11.8 Å². The number of Topliss-reactive ketones (excluding diaryl/α,β-unsaturated/α-hetero) is 1. The van der Waals surface area contributed by atoms with Gasteiger partial charge in [-0.05, 0) is 44.9 Å². The second-order valence-corrected chi connectivity index (χ2v) is 8.19. The average Bonchev–Trinajstić information content (AvgIpc) is 2.98. The highest BCUT2D eigenvalue weighted by atomic mass is 16.5. The number of ketones is 1. The van der Waals surface area contributed by atoms with Crippen LogP contribution in [0.5, 0.6) is 0 Å². The van der Waals surface area contributed by atoms with Gasteiger partial charge in [0.1, 0.15) is 5.78 Å². The molecule has 4 atom stereocenters. The van der Waals surface area contributed by atoms with Crippen LogP contribution in [0.15, 0.2) is 12.2 Å². The summed E-state index contributed by atoms with van der Waals surface area (Å²) in [5, 5.41) is 19.9. The van der Waals surface area contributed by atoms with E-state index < -0.39 is 17.7 Å². The van der Waals surface area contributed by atoms with Gasteiger partial charge in [-0.1, -0.05) is 51.2 Å². The van der Waals surface area contributed by atoms with Gasteiger partial charge in [0.25, 0.3) is 0 Å². The molecule has 1 rings (SSSR count). The van der Waals surface area contributed by atoms with Gasteiger partial charge in [-0.2, -0.15) is 0 Å². The number of esters is 1. The quantitative estimate of drug-likeness (QED) is 0.286. The number of unbranched alkanes of at least 4 members (excludes halogenated alkanes) is 3. The van der Waals surface area contributed by atoms with Crippen LogP contribution in [0.2, 0.25) is 0 Å². The molecule has 2 unspecified atom stereocenters. The molecule has 5 nitrogen and oxygen atoms in total. The Hall–Kier alpha value is -1.20. The zero-order valence-electron chi connectivity index (χ0n) is 17.3. The van der Waals surface area contributed by atoms with Crippen LogP contribution in [0.25, 0.3) is 0 Å². The van der Waals surface area contributed by atoms with Crippen LogP contribution in [0.3, 0.4) is 0 Å². The number of rotatable bonds is 13. The number of hydrogen-bond acceptors (Lipinski definition) is 5. The number of carbonyl (C=O) groups is 2. The van der Waals surface area contributed by atoms with Gasteiger partial charge in [0.05, 0.1) is 12.7 Å². The van der Waals surface area contributed by atoms with Gasteiger partial charge >= 0.3 is 5.97 Å². The summed E-state index contributed by atoms with van der Waals surface area (Å²) >= 11 is 0. The second-order valence-electron chi connectivity index (χ2n) is 8.19. The molecule has 1 saturated carbocycles. The summed E-state index contributed by atoms with van der Waals surface area (Å²) in [5.74, 6) is 0.116. The number of aliphatic hydroxyl groups is 2. The van der Waals surface area contributed by atoms with Gasteiger partial charge in [0.2, 0.25) is 0 Å². The normalized spacial score (nSPS) is 23.5. The molecule has 0 heterocycles. The van der Waals surface area contributed by atoms with Crippen molar-refractivity contribution >= 4 is 11.8 Å². The molecule has 27 heavy (non-hydrogen) atoms. The molecular formula is C22H38O5. The Morgan fingerprint density at radius 2 is 2.07 bits per heavy atom. The smallest absolute Gasteiger partial charge is 0.334 e. The largest absolute Gasteiger partial charge is 0.467 e. The van der Waals surface area contributed by atoms with Crippen molar-refractivity contribution in [3.8, 4) is 0 Å². The molecule has 0 amide bonds. The van der Waals surface area contributed by atoms with Gasteiger partial charge in [0.15, 0.2) is 6.10 Å². The monoisotopic (exact) mass is 382 g/mol. The highest BCUT2D eigenvalue weighted by Gasteiger charge is 2.32. The van der Waals surface area contributed by atoms with E-state index in [-0.39, 0.29) is 11.8 Å². The number of carbonyl (C=O) groups excluding carboxylic acids is 2. The van der Waals surface area contributed by atoms with Gasteiger partial charge in [-0.25, -0.2) is 4.79 Å². The SMILES string of the molecule is CCCCC(C)(O)CC=C[C@H]1CCC(=O)[C@@H]1CCCCCC(O)C(=O)OC. The van der Waals surface area contributed by atoms with Crippen molar-refractivity contribution in [3.63, 3.8) is 0 Å². The second kappa shape index (κ2) is 12.3. The van der Waals surface area contributed by atoms with Crippen molar-refractivity contribution in [1.29, 1.82) is 0 Å². The summed E-state index contributed by atoms with van der Waals surface area (Å²) in [6.07, 6.45) is 12.1. The maximum Gasteiger partial charge on any atom is 0.334 e. The van der Waals surface area contributed by atoms with Crippen molar-refractivity contribution in [3.05, 3.63) is 12.2 Å². The topological polar surface area (TPSA) is 83.8 Å². The summed E-state index contributed by atoms with van der Waals surface area (Å²) < 4.78 is 4.50. The lowest BCUT2D eigenvalue weighted by molar-refractivity contribution is -0.150. The van der Waals surface area contributed by atoms with E-state index >= 15 is 0 Å². The third kappa shape index (κ3) is 9.02. The molecule has 5 heteroatoms. The average molecular weight is 383 g/mol. The fourth-order valence-corrected chi connectivity index (χ4v) is 3.83. The van der Waals surface area contributed by atoms with Gasteiger partial charge < -0.3 is 14.9 Å². The first kappa shape index (κ1) is 23.8. The van der Waals surface area contributed by atoms with Crippen molar-refractivity contribution in [1.82, 2.24) is 0 Å². The lowest BCUT2D eigenvalue weighted by Gasteiger charge is -2.21. The Bertz CT molecular complexity index is 483. The van der Waals surface area contributed by atoms with Gasteiger partial charge in [-0.3, -0.25) is 4.79 Å². The van der Waals surface area contributed by atoms with E-state index in [4.69, 9.17) is 0 Å². The fourth-order valence-electron chi connectivity index (χ4n) is 3.83. The summed E-state index contributed by atoms with van der Waals surface area (Å²) in [5.41, 5.74) is -0.662. The molecule has 2 N–H and O–H groups in total. The Morgan fingerprint density at radius 3 is 2.74 bits per heavy atom. The van der Waals surface area contributed by atoms with E-state index in [0.717, 1.165) is 51.4 Å². The Labute approximate surface area is 164 Å². The summed E-state index contributed by atoms with van der Waals surface area (Å²) in [6, 6.07) is 0. The maximum atomic E-state index is 12.2. The zero-order chi connectivity index (χ0) is 20.3. The molecule has 0 aromatic carbocycles. The minimum atomic E-state index is -1.04. The number of allylic oxidation sites excluding steroid dienone is 1. The van der Waals surface area contributed by atoms with E-state index in [2.05, 4.69) is 23.8 Å². The Balaban J connectivity index is 2.35. The number of aliphatic hydroxyl groups excluding tert-OH is 1. The minimum Gasteiger partial charge on any atom is -0.467 e. The molecule has 0 aromatic heterocycles. The van der Waals surface area contributed by atoms with E-state index in [1.54, 1.807) is 0 Å². The molecule has 0 bridgehead atoms. The minimum absolute atomic E-state index is 0.0763. The van der Waals surface area contributed by atoms with E-state index in [9.17, 15) is 19.8 Å². The summed E-state index contributed by atoms with van der Waals surface area (Å²) in [7, 11) is 1.27.